The standard InChI is InChI=1S/C16H22N2O5S/c1-3-8-18(10-15(19)20)16(21)14-9-13(7-4-11(14)2)24(22,23)17-12-5-6-12/h4,7,9,12,17H,3,5-6,8,10H2,1-2H3,(H,19,20). The molecular formula is C16H22N2O5S. The van der Waals surface area contributed by atoms with E-state index in [1.165, 1.54) is 17.0 Å². The summed E-state index contributed by atoms with van der Waals surface area (Å²) < 4.78 is 27.2. The summed E-state index contributed by atoms with van der Waals surface area (Å²) in [5.41, 5.74) is 0.820. The molecule has 2 rings (SSSR count). The van der Waals surface area contributed by atoms with Gasteiger partial charge in [0.1, 0.15) is 6.54 Å². The summed E-state index contributed by atoms with van der Waals surface area (Å²) in [5, 5.41) is 8.97. The van der Waals surface area contributed by atoms with Gasteiger partial charge in [0, 0.05) is 18.2 Å². The fraction of sp³-hybridized carbons (Fsp3) is 0.500. The summed E-state index contributed by atoms with van der Waals surface area (Å²) in [4.78, 5) is 24.9. The highest BCUT2D eigenvalue weighted by Gasteiger charge is 2.29. The van der Waals surface area contributed by atoms with Crippen LogP contribution in [0.2, 0.25) is 0 Å². The zero-order valence-corrected chi connectivity index (χ0v) is 14.6. The van der Waals surface area contributed by atoms with Crippen LogP contribution in [0, 0.1) is 6.92 Å². The molecule has 1 aliphatic rings. The van der Waals surface area contributed by atoms with Crippen LogP contribution >= 0.6 is 0 Å². The molecule has 0 unspecified atom stereocenters. The Balaban J connectivity index is 2.32. The van der Waals surface area contributed by atoms with Crippen molar-refractivity contribution in [1.29, 1.82) is 0 Å². The molecule has 0 spiro atoms. The van der Waals surface area contributed by atoms with E-state index in [2.05, 4.69) is 4.72 Å². The maximum atomic E-state index is 12.7. The first-order chi connectivity index (χ1) is 11.2. The van der Waals surface area contributed by atoms with Crippen molar-refractivity contribution in [3.8, 4) is 0 Å². The third-order valence-electron chi connectivity index (χ3n) is 3.76. The van der Waals surface area contributed by atoms with E-state index in [1.54, 1.807) is 13.0 Å². The van der Waals surface area contributed by atoms with Crippen LogP contribution in [0.5, 0.6) is 0 Å². The second-order valence-corrected chi connectivity index (χ2v) is 7.71. The summed E-state index contributed by atoms with van der Waals surface area (Å²) in [6.45, 7) is 3.42. The predicted octanol–water partition coefficient (Wildman–Crippen LogP) is 1.37. The maximum absolute atomic E-state index is 12.7. The molecule has 0 saturated heterocycles. The van der Waals surface area contributed by atoms with Crippen molar-refractivity contribution in [2.45, 2.75) is 44.0 Å². The Morgan fingerprint density at radius 1 is 1.33 bits per heavy atom. The first-order valence-corrected chi connectivity index (χ1v) is 9.37. The Labute approximate surface area is 141 Å². The number of hydrogen-bond acceptors (Lipinski definition) is 4. The number of rotatable bonds is 8. The Morgan fingerprint density at radius 3 is 2.54 bits per heavy atom. The van der Waals surface area contributed by atoms with Gasteiger partial charge in [-0.1, -0.05) is 13.0 Å². The lowest BCUT2D eigenvalue weighted by molar-refractivity contribution is -0.137. The van der Waals surface area contributed by atoms with Crippen molar-refractivity contribution >= 4 is 21.9 Å². The van der Waals surface area contributed by atoms with Gasteiger partial charge < -0.3 is 10.0 Å². The molecule has 1 aromatic rings. The van der Waals surface area contributed by atoms with Crippen LogP contribution in [0.15, 0.2) is 23.1 Å². The molecule has 8 heteroatoms. The van der Waals surface area contributed by atoms with Crippen LogP contribution in [0.25, 0.3) is 0 Å². The number of carboxylic acid groups (broad SMARTS) is 1. The molecule has 0 aromatic heterocycles. The number of carboxylic acids is 1. The third-order valence-corrected chi connectivity index (χ3v) is 5.27. The van der Waals surface area contributed by atoms with E-state index in [0.717, 1.165) is 12.8 Å². The second-order valence-electron chi connectivity index (χ2n) is 5.99. The number of aliphatic carboxylic acids is 1. The lowest BCUT2D eigenvalue weighted by Crippen LogP contribution is -2.36. The SMILES string of the molecule is CCCN(CC(=O)O)C(=O)c1cc(S(=O)(=O)NC2CC2)ccc1C. The van der Waals surface area contributed by atoms with Gasteiger partial charge in [-0.15, -0.1) is 0 Å². The minimum absolute atomic E-state index is 0.0233. The minimum Gasteiger partial charge on any atom is -0.480 e. The average molecular weight is 354 g/mol. The summed E-state index contributed by atoms with van der Waals surface area (Å²) >= 11 is 0. The third kappa shape index (κ3) is 4.55. The molecule has 132 valence electrons. The van der Waals surface area contributed by atoms with Crippen molar-refractivity contribution in [2.24, 2.45) is 0 Å². The predicted molar refractivity (Wildman–Crippen MR) is 88.4 cm³/mol. The smallest absolute Gasteiger partial charge is 0.323 e. The first kappa shape index (κ1) is 18.4. The minimum atomic E-state index is -3.67. The lowest BCUT2D eigenvalue weighted by Gasteiger charge is -2.21. The summed E-state index contributed by atoms with van der Waals surface area (Å²) in [6, 6.07) is 4.32. The number of benzene rings is 1. The highest BCUT2D eigenvalue weighted by Crippen LogP contribution is 2.23. The van der Waals surface area contributed by atoms with E-state index in [4.69, 9.17) is 5.11 Å². The van der Waals surface area contributed by atoms with Gasteiger partial charge in [-0.3, -0.25) is 9.59 Å². The molecule has 1 saturated carbocycles. The number of sulfonamides is 1. The second kappa shape index (κ2) is 7.31. The zero-order chi connectivity index (χ0) is 17.9. The Kier molecular flexibility index (Phi) is 5.61. The average Bonchev–Trinajstić information content (AvgIpc) is 3.29. The van der Waals surface area contributed by atoms with E-state index in [0.29, 0.717) is 18.5 Å². The van der Waals surface area contributed by atoms with Crippen LogP contribution < -0.4 is 4.72 Å². The van der Waals surface area contributed by atoms with E-state index < -0.39 is 28.4 Å². The van der Waals surface area contributed by atoms with Gasteiger partial charge in [0.25, 0.3) is 5.91 Å². The molecule has 0 bridgehead atoms. The molecule has 0 radical (unpaired) electrons. The topological polar surface area (TPSA) is 104 Å². The highest BCUT2D eigenvalue weighted by atomic mass is 32.2. The molecule has 0 aliphatic heterocycles. The normalized spacial score (nSPS) is 14.4. The van der Waals surface area contributed by atoms with Gasteiger partial charge in [-0.25, -0.2) is 13.1 Å². The van der Waals surface area contributed by atoms with Crippen LogP contribution in [0.1, 0.15) is 42.1 Å². The highest BCUT2D eigenvalue weighted by molar-refractivity contribution is 7.89. The molecular weight excluding hydrogens is 332 g/mol. The van der Waals surface area contributed by atoms with Crippen molar-refractivity contribution in [1.82, 2.24) is 9.62 Å². The summed E-state index contributed by atoms with van der Waals surface area (Å²) in [7, 11) is -3.67. The van der Waals surface area contributed by atoms with E-state index >= 15 is 0 Å². The molecule has 7 nitrogen and oxygen atoms in total. The molecule has 2 N–H and O–H groups in total. The summed E-state index contributed by atoms with van der Waals surface area (Å²) in [5.74, 6) is -1.58. The number of nitrogens with one attached hydrogen (secondary N) is 1. The largest absolute Gasteiger partial charge is 0.480 e. The zero-order valence-electron chi connectivity index (χ0n) is 13.8. The first-order valence-electron chi connectivity index (χ1n) is 7.88. The number of carbonyl (C=O) groups is 2. The monoisotopic (exact) mass is 354 g/mol. The number of nitrogens with zero attached hydrogens (tertiary/aromatic N) is 1. The van der Waals surface area contributed by atoms with Gasteiger partial charge in [-0.2, -0.15) is 0 Å². The van der Waals surface area contributed by atoms with Gasteiger partial charge in [0.05, 0.1) is 4.90 Å². The molecule has 1 fully saturated rings. The van der Waals surface area contributed by atoms with Crippen LogP contribution in [-0.4, -0.2) is 49.4 Å². The molecule has 24 heavy (non-hydrogen) atoms. The van der Waals surface area contributed by atoms with E-state index in [9.17, 15) is 18.0 Å². The molecule has 1 aliphatic carbocycles. The van der Waals surface area contributed by atoms with E-state index in [1.807, 2.05) is 6.92 Å². The Bertz CT molecular complexity index is 741. The van der Waals surface area contributed by atoms with Crippen LogP contribution in [0.4, 0.5) is 0 Å². The fourth-order valence-corrected chi connectivity index (χ4v) is 3.67. The summed E-state index contributed by atoms with van der Waals surface area (Å²) in [6.07, 6.45) is 2.25. The molecule has 0 atom stereocenters. The number of carbonyl (C=O) groups excluding carboxylic acids is 1. The van der Waals surface area contributed by atoms with Gasteiger partial charge in [-0.05, 0) is 43.9 Å². The molecule has 1 aromatic carbocycles. The lowest BCUT2D eigenvalue weighted by atomic mass is 10.1. The number of amides is 1. The van der Waals surface area contributed by atoms with Crippen molar-refractivity contribution in [3.63, 3.8) is 0 Å². The van der Waals surface area contributed by atoms with Crippen molar-refractivity contribution in [3.05, 3.63) is 29.3 Å². The fourth-order valence-electron chi connectivity index (χ4n) is 2.34. The van der Waals surface area contributed by atoms with E-state index in [-0.39, 0.29) is 16.5 Å². The van der Waals surface area contributed by atoms with Gasteiger partial charge >= 0.3 is 5.97 Å². The maximum Gasteiger partial charge on any atom is 0.323 e. The number of aryl methyl sites for hydroxylation is 1. The van der Waals surface area contributed by atoms with Crippen LogP contribution in [-0.2, 0) is 14.8 Å². The molecule has 1 amide bonds. The van der Waals surface area contributed by atoms with Crippen molar-refractivity contribution in [2.75, 3.05) is 13.1 Å². The Morgan fingerprint density at radius 2 is 2.00 bits per heavy atom. The quantitative estimate of drug-likeness (QED) is 0.734. The van der Waals surface area contributed by atoms with Crippen molar-refractivity contribution < 1.29 is 23.1 Å². The molecule has 0 heterocycles. The number of hydrogen-bond donors (Lipinski definition) is 2. The van der Waals surface area contributed by atoms with Gasteiger partial charge in [0.2, 0.25) is 10.0 Å². The van der Waals surface area contributed by atoms with Gasteiger partial charge in [0.15, 0.2) is 0 Å². The Hall–Kier alpha value is -1.93. The van der Waals surface area contributed by atoms with Crippen LogP contribution in [0.3, 0.4) is 0 Å².